The van der Waals surface area contributed by atoms with Gasteiger partial charge in [0.15, 0.2) is 5.78 Å². The third kappa shape index (κ3) is 4.91. The Hall–Kier alpha value is -2.82. The van der Waals surface area contributed by atoms with Gasteiger partial charge < -0.3 is 15.0 Å². The van der Waals surface area contributed by atoms with Crippen LogP contribution >= 0.6 is 0 Å². The van der Waals surface area contributed by atoms with Crippen LogP contribution in [0.4, 0.5) is 10.5 Å². The van der Waals surface area contributed by atoms with Gasteiger partial charge in [-0.1, -0.05) is 30.3 Å². The number of ether oxygens (including phenoxy) is 1. The zero-order valence-corrected chi connectivity index (χ0v) is 16.8. The first-order valence-corrected chi connectivity index (χ1v) is 9.86. The van der Waals surface area contributed by atoms with Crippen LogP contribution in [-0.4, -0.2) is 35.9 Å². The molecule has 28 heavy (non-hydrogen) atoms. The average molecular weight is 380 g/mol. The molecule has 0 bridgehead atoms. The molecular formula is C23H28N2O3. The third-order valence-corrected chi connectivity index (χ3v) is 4.96. The van der Waals surface area contributed by atoms with Crippen LogP contribution in [-0.2, 0) is 0 Å². The van der Waals surface area contributed by atoms with Crippen molar-refractivity contribution >= 4 is 17.5 Å². The van der Waals surface area contributed by atoms with Crippen LogP contribution in [0, 0.1) is 12.8 Å². The minimum Gasteiger partial charge on any atom is -0.491 e. The number of hydrogen-bond acceptors (Lipinski definition) is 3. The van der Waals surface area contributed by atoms with Gasteiger partial charge in [0, 0.05) is 30.3 Å². The molecule has 2 amide bonds. The number of nitrogens with zero attached hydrogens (tertiary/aromatic N) is 1. The van der Waals surface area contributed by atoms with E-state index in [0.29, 0.717) is 24.4 Å². The summed E-state index contributed by atoms with van der Waals surface area (Å²) in [5, 5.41) is 2.97. The number of ketones is 1. The fraction of sp³-hybridized carbons (Fsp3) is 0.391. The summed E-state index contributed by atoms with van der Waals surface area (Å²) in [6, 6.07) is 14.9. The van der Waals surface area contributed by atoms with E-state index in [9.17, 15) is 9.59 Å². The maximum Gasteiger partial charge on any atom is 0.321 e. The Morgan fingerprint density at radius 1 is 1.14 bits per heavy atom. The van der Waals surface area contributed by atoms with Gasteiger partial charge in [-0.15, -0.1) is 0 Å². The fourth-order valence-corrected chi connectivity index (χ4v) is 3.51. The lowest BCUT2D eigenvalue weighted by Gasteiger charge is -2.32. The number of aryl methyl sites for hydroxylation is 1. The summed E-state index contributed by atoms with van der Waals surface area (Å²) in [6.45, 7) is 6.98. The van der Waals surface area contributed by atoms with Crippen LogP contribution in [0.3, 0.4) is 0 Å². The van der Waals surface area contributed by atoms with Crippen molar-refractivity contribution in [1.29, 1.82) is 0 Å². The first-order valence-electron chi connectivity index (χ1n) is 9.86. The van der Waals surface area contributed by atoms with Crippen LogP contribution < -0.4 is 10.1 Å². The van der Waals surface area contributed by atoms with E-state index < -0.39 is 0 Å². The van der Waals surface area contributed by atoms with Crippen LogP contribution in [0.1, 0.15) is 42.6 Å². The minimum absolute atomic E-state index is 0.0562. The topological polar surface area (TPSA) is 58.6 Å². The van der Waals surface area contributed by atoms with Gasteiger partial charge in [-0.2, -0.15) is 0 Å². The molecule has 1 N–H and O–H groups in total. The number of hydrogen-bond donors (Lipinski definition) is 1. The van der Waals surface area contributed by atoms with Crippen LogP contribution in [0.2, 0.25) is 0 Å². The van der Waals surface area contributed by atoms with E-state index >= 15 is 0 Å². The predicted octanol–water partition coefficient (Wildman–Crippen LogP) is 4.91. The lowest BCUT2D eigenvalue weighted by atomic mass is 9.90. The molecule has 3 rings (SSSR count). The average Bonchev–Trinajstić information content (AvgIpc) is 2.69. The minimum atomic E-state index is -0.189. The zero-order valence-electron chi connectivity index (χ0n) is 16.8. The summed E-state index contributed by atoms with van der Waals surface area (Å²) in [7, 11) is 0. The van der Waals surface area contributed by atoms with Crippen LogP contribution in [0.15, 0.2) is 48.5 Å². The number of para-hydroxylation sites is 1. The Balaban J connectivity index is 1.66. The van der Waals surface area contributed by atoms with Crippen molar-refractivity contribution in [2.45, 2.75) is 39.7 Å². The summed E-state index contributed by atoms with van der Waals surface area (Å²) < 4.78 is 5.70. The molecule has 0 aliphatic carbocycles. The number of nitrogens with one attached hydrogen (secondary N) is 1. The van der Waals surface area contributed by atoms with E-state index in [1.807, 2.05) is 63.2 Å². The molecule has 1 saturated heterocycles. The van der Waals surface area contributed by atoms with Crippen molar-refractivity contribution in [1.82, 2.24) is 4.90 Å². The number of Topliss-reactive ketones (excluding diaryl/α,β-unsaturated/α-hetero) is 1. The van der Waals surface area contributed by atoms with Gasteiger partial charge in [0.2, 0.25) is 0 Å². The van der Waals surface area contributed by atoms with E-state index in [1.165, 1.54) is 0 Å². The van der Waals surface area contributed by atoms with Gasteiger partial charge in [-0.25, -0.2) is 4.79 Å². The lowest BCUT2D eigenvalue weighted by Crippen LogP contribution is -2.44. The summed E-state index contributed by atoms with van der Waals surface area (Å²) >= 11 is 0. The van der Waals surface area contributed by atoms with E-state index in [4.69, 9.17) is 4.74 Å². The summed E-state index contributed by atoms with van der Waals surface area (Å²) in [5.41, 5.74) is 2.46. The fourth-order valence-electron chi connectivity index (χ4n) is 3.51. The molecule has 5 heteroatoms. The Kier molecular flexibility index (Phi) is 6.34. The molecule has 2 aromatic carbocycles. The Labute approximate surface area is 166 Å². The largest absolute Gasteiger partial charge is 0.491 e. The molecule has 148 valence electrons. The highest BCUT2D eigenvalue weighted by atomic mass is 16.5. The van der Waals surface area contributed by atoms with Crippen LogP contribution in [0.5, 0.6) is 5.75 Å². The molecule has 0 saturated carbocycles. The first-order chi connectivity index (χ1) is 13.4. The molecule has 1 aliphatic heterocycles. The normalized spacial score (nSPS) is 16.7. The molecule has 1 aliphatic rings. The van der Waals surface area contributed by atoms with Gasteiger partial charge in [-0.05, 0) is 57.4 Å². The molecule has 1 unspecified atom stereocenters. The van der Waals surface area contributed by atoms with Crippen molar-refractivity contribution < 1.29 is 14.3 Å². The van der Waals surface area contributed by atoms with Crippen molar-refractivity contribution in [3.63, 3.8) is 0 Å². The number of benzene rings is 2. The second kappa shape index (κ2) is 8.91. The molecule has 0 aromatic heterocycles. The van der Waals surface area contributed by atoms with E-state index in [1.54, 1.807) is 11.0 Å². The quantitative estimate of drug-likeness (QED) is 0.750. The van der Waals surface area contributed by atoms with Crippen molar-refractivity contribution in [3.8, 4) is 5.75 Å². The number of anilines is 1. The predicted molar refractivity (Wildman–Crippen MR) is 111 cm³/mol. The maximum atomic E-state index is 13.0. The van der Waals surface area contributed by atoms with Crippen LogP contribution in [0.25, 0.3) is 0 Å². The summed E-state index contributed by atoms with van der Waals surface area (Å²) in [5.74, 6) is 0.582. The molecular weight excluding hydrogens is 352 g/mol. The highest BCUT2D eigenvalue weighted by Gasteiger charge is 2.29. The smallest absolute Gasteiger partial charge is 0.321 e. The van der Waals surface area contributed by atoms with Gasteiger partial charge in [-0.3, -0.25) is 4.79 Å². The number of likely N-dealkylation sites (tertiary alicyclic amines) is 1. The molecule has 2 aromatic rings. The first kappa shape index (κ1) is 19.9. The number of rotatable bonds is 5. The summed E-state index contributed by atoms with van der Waals surface area (Å²) in [4.78, 5) is 27.4. The van der Waals surface area contributed by atoms with Gasteiger partial charge in [0.05, 0.1) is 6.10 Å². The standard InChI is InChI=1S/C23H28N2O3/c1-16(2)28-20-11-6-9-18(14-20)22(26)19-10-7-13-25(15-19)23(27)24-21-12-5-4-8-17(21)3/h4-6,8-9,11-12,14,16,19H,7,10,13,15H2,1-3H3,(H,24,27). The number of carbonyl (C=O) groups is 2. The Morgan fingerprint density at radius 3 is 2.68 bits per heavy atom. The van der Waals surface area contributed by atoms with Crippen molar-refractivity contribution in [3.05, 3.63) is 59.7 Å². The molecule has 1 fully saturated rings. The van der Waals surface area contributed by atoms with Gasteiger partial charge in [0.1, 0.15) is 5.75 Å². The van der Waals surface area contributed by atoms with E-state index in [0.717, 1.165) is 24.1 Å². The van der Waals surface area contributed by atoms with Gasteiger partial charge >= 0.3 is 6.03 Å². The molecule has 1 atom stereocenters. The molecule has 0 spiro atoms. The number of amides is 2. The number of piperidine rings is 1. The molecule has 5 nitrogen and oxygen atoms in total. The zero-order chi connectivity index (χ0) is 20.1. The third-order valence-electron chi connectivity index (χ3n) is 4.96. The summed E-state index contributed by atoms with van der Waals surface area (Å²) in [6.07, 6.45) is 1.67. The number of carbonyl (C=O) groups excluding carboxylic acids is 2. The maximum absolute atomic E-state index is 13.0. The van der Waals surface area contributed by atoms with Crippen molar-refractivity contribution in [2.24, 2.45) is 5.92 Å². The van der Waals surface area contributed by atoms with E-state index in [-0.39, 0.29) is 23.8 Å². The second-order valence-electron chi connectivity index (χ2n) is 7.59. The highest BCUT2D eigenvalue weighted by Crippen LogP contribution is 2.24. The number of urea groups is 1. The van der Waals surface area contributed by atoms with Crippen molar-refractivity contribution in [2.75, 3.05) is 18.4 Å². The molecule has 0 radical (unpaired) electrons. The highest BCUT2D eigenvalue weighted by molar-refractivity contribution is 5.99. The molecule has 1 heterocycles. The monoisotopic (exact) mass is 380 g/mol. The van der Waals surface area contributed by atoms with E-state index in [2.05, 4.69) is 5.32 Å². The Morgan fingerprint density at radius 2 is 1.93 bits per heavy atom. The lowest BCUT2D eigenvalue weighted by molar-refractivity contribution is 0.0850. The Bertz CT molecular complexity index is 847. The van der Waals surface area contributed by atoms with Gasteiger partial charge in [0.25, 0.3) is 0 Å². The SMILES string of the molecule is Cc1ccccc1NC(=O)N1CCCC(C(=O)c2cccc(OC(C)C)c2)C1. The second-order valence-corrected chi connectivity index (χ2v) is 7.59.